The molecule has 0 aliphatic heterocycles. The molecule has 1 aromatic heterocycles. The molecule has 0 fully saturated rings. The van der Waals surface area contributed by atoms with Crippen molar-refractivity contribution in [3.63, 3.8) is 0 Å². The van der Waals surface area contributed by atoms with Gasteiger partial charge in [-0.2, -0.15) is 0 Å². The van der Waals surface area contributed by atoms with Crippen molar-refractivity contribution < 1.29 is 24.2 Å². The molecule has 0 atom stereocenters. The largest absolute Gasteiger partial charge is 0.493 e. The maximum atomic E-state index is 13.1. The SMILES string of the molecule is CCc1ccc(CCOc2cc(C(=O)NC3(C(=O)O)Cc4ccccc4C3)ccc2OC)nc1. The Morgan fingerprint density at radius 3 is 2.38 bits per heavy atom. The third-order valence-corrected chi connectivity index (χ3v) is 6.20. The molecule has 0 radical (unpaired) electrons. The number of pyridine rings is 1. The van der Waals surface area contributed by atoms with Gasteiger partial charge in [0.25, 0.3) is 5.91 Å². The maximum Gasteiger partial charge on any atom is 0.330 e. The zero-order valence-corrected chi connectivity index (χ0v) is 19.3. The summed E-state index contributed by atoms with van der Waals surface area (Å²) >= 11 is 0. The van der Waals surface area contributed by atoms with Crippen LogP contribution >= 0.6 is 0 Å². The zero-order valence-electron chi connectivity index (χ0n) is 19.3. The van der Waals surface area contributed by atoms with Crippen LogP contribution in [0.15, 0.2) is 60.8 Å². The van der Waals surface area contributed by atoms with Crippen molar-refractivity contribution in [2.24, 2.45) is 0 Å². The predicted molar refractivity (Wildman–Crippen MR) is 127 cm³/mol. The Balaban J connectivity index is 1.46. The molecule has 1 amide bonds. The lowest BCUT2D eigenvalue weighted by molar-refractivity contribution is -0.144. The maximum absolute atomic E-state index is 13.1. The number of aryl methyl sites for hydroxylation is 1. The Kier molecular flexibility index (Phi) is 6.82. The highest BCUT2D eigenvalue weighted by molar-refractivity contribution is 5.99. The van der Waals surface area contributed by atoms with E-state index in [2.05, 4.69) is 17.2 Å². The lowest BCUT2D eigenvalue weighted by atomic mass is 9.95. The molecular formula is C27H28N2O5. The van der Waals surface area contributed by atoms with Gasteiger partial charge in [0.1, 0.15) is 5.54 Å². The van der Waals surface area contributed by atoms with Gasteiger partial charge in [-0.3, -0.25) is 9.78 Å². The minimum absolute atomic E-state index is 0.244. The Morgan fingerprint density at radius 2 is 1.79 bits per heavy atom. The van der Waals surface area contributed by atoms with E-state index in [-0.39, 0.29) is 12.8 Å². The van der Waals surface area contributed by atoms with Crippen molar-refractivity contribution in [1.82, 2.24) is 10.3 Å². The van der Waals surface area contributed by atoms with Crippen molar-refractivity contribution in [2.45, 2.75) is 38.1 Å². The van der Waals surface area contributed by atoms with E-state index in [0.29, 0.717) is 30.1 Å². The third kappa shape index (κ3) is 4.88. The summed E-state index contributed by atoms with van der Waals surface area (Å²) in [6.45, 7) is 2.44. The fourth-order valence-electron chi connectivity index (χ4n) is 4.21. The normalized spacial score (nSPS) is 13.7. The number of benzene rings is 2. The standard InChI is InChI=1S/C27H28N2O5/c1-3-18-8-10-22(28-17-18)12-13-34-24-14-19(9-11-23(24)33-2)25(30)29-27(26(31)32)15-20-6-4-5-7-21(20)16-27/h4-11,14,17H,3,12-13,15-16H2,1-2H3,(H,29,30)(H,31,32). The van der Waals surface area contributed by atoms with Gasteiger partial charge in [0.2, 0.25) is 0 Å². The predicted octanol–water partition coefficient (Wildman–Crippen LogP) is 3.63. The number of nitrogens with one attached hydrogen (secondary N) is 1. The molecule has 1 aliphatic rings. The second kappa shape index (κ2) is 9.95. The van der Waals surface area contributed by atoms with Gasteiger partial charge >= 0.3 is 5.97 Å². The number of carbonyl (C=O) groups excluding carboxylic acids is 1. The molecule has 7 heteroatoms. The molecule has 0 spiro atoms. The first-order valence-corrected chi connectivity index (χ1v) is 11.3. The molecule has 1 heterocycles. The van der Waals surface area contributed by atoms with Crippen LogP contribution in [-0.4, -0.2) is 41.2 Å². The summed E-state index contributed by atoms with van der Waals surface area (Å²) in [6, 6.07) is 16.4. The van der Waals surface area contributed by atoms with Gasteiger partial charge in [-0.25, -0.2) is 4.79 Å². The number of methoxy groups -OCH3 is 1. The fourth-order valence-corrected chi connectivity index (χ4v) is 4.21. The molecule has 2 N–H and O–H groups in total. The van der Waals surface area contributed by atoms with E-state index in [9.17, 15) is 14.7 Å². The minimum atomic E-state index is -1.38. The Labute approximate surface area is 198 Å². The van der Waals surface area contributed by atoms with Crippen LogP contribution in [0.5, 0.6) is 11.5 Å². The smallest absolute Gasteiger partial charge is 0.330 e. The van der Waals surface area contributed by atoms with Gasteiger partial charge in [0.15, 0.2) is 11.5 Å². The molecule has 0 saturated carbocycles. The molecule has 34 heavy (non-hydrogen) atoms. The molecule has 7 nitrogen and oxygen atoms in total. The van der Waals surface area contributed by atoms with Crippen LogP contribution < -0.4 is 14.8 Å². The minimum Gasteiger partial charge on any atom is -0.493 e. The van der Waals surface area contributed by atoms with Gasteiger partial charge in [0.05, 0.1) is 13.7 Å². The number of ether oxygens (including phenoxy) is 2. The Hall–Kier alpha value is -3.87. The first-order valence-electron chi connectivity index (χ1n) is 11.3. The highest BCUT2D eigenvalue weighted by Crippen LogP contribution is 2.32. The van der Waals surface area contributed by atoms with Crippen LogP contribution in [0.1, 0.15) is 39.7 Å². The molecule has 2 aromatic carbocycles. The van der Waals surface area contributed by atoms with E-state index in [1.807, 2.05) is 42.6 Å². The summed E-state index contributed by atoms with van der Waals surface area (Å²) in [5.74, 6) is -0.616. The molecule has 0 saturated heterocycles. The lowest BCUT2D eigenvalue weighted by Gasteiger charge is -2.25. The number of aliphatic carboxylic acids is 1. The highest BCUT2D eigenvalue weighted by atomic mass is 16.5. The van der Waals surface area contributed by atoms with Crippen LogP contribution in [0, 0.1) is 0 Å². The van der Waals surface area contributed by atoms with E-state index >= 15 is 0 Å². The van der Waals surface area contributed by atoms with Gasteiger partial charge in [0, 0.05) is 36.7 Å². The van der Waals surface area contributed by atoms with Crippen LogP contribution in [-0.2, 0) is 30.5 Å². The first-order chi connectivity index (χ1) is 16.4. The summed E-state index contributed by atoms with van der Waals surface area (Å²) in [7, 11) is 1.53. The van der Waals surface area contributed by atoms with Gasteiger partial charge in [-0.1, -0.05) is 37.3 Å². The second-order valence-corrected chi connectivity index (χ2v) is 8.44. The summed E-state index contributed by atoms with van der Waals surface area (Å²) < 4.78 is 11.3. The number of hydrogen-bond acceptors (Lipinski definition) is 5. The van der Waals surface area contributed by atoms with Crippen molar-refractivity contribution in [3.05, 3.63) is 88.7 Å². The topological polar surface area (TPSA) is 97.8 Å². The van der Waals surface area contributed by atoms with Gasteiger partial charge in [-0.15, -0.1) is 0 Å². The quantitative estimate of drug-likeness (QED) is 0.506. The summed E-state index contributed by atoms with van der Waals surface area (Å²) in [5.41, 5.74) is 2.88. The third-order valence-electron chi connectivity index (χ3n) is 6.20. The van der Waals surface area contributed by atoms with E-state index in [0.717, 1.165) is 23.2 Å². The molecule has 3 aromatic rings. The van der Waals surface area contributed by atoms with E-state index in [1.54, 1.807) is 18.2 Å². The lowest BCUT2D eigenvalue weighted by Crippen LogP contribution is -2.55. The molecule has 0 bridgehead atoms. The fraction of sp³-hybridized carbons (Fsp3) is 0.296. The second-order valence-electron chi connectivity index (χ2n) is 8.44. The molecule has 4 rings (SSSR count). The van der Waals surface area contributed by atoms with Gasteiger partial charge < -0.3 is 19.9 Å². The Bertz CT molecular complexity index is 1160. The molecule has 1 aliphatic carbocycles. The molecule has 0 unspecified atom stereocenters. The number of nitrogens with zero attached hydrogens (tertiary/aromatic N) is 1. The van der Waals surface area contributed by atoms with Crippen molar-refractivity contribution in [1.29, 1.82) is 0 Å². The van der Waals surface area contributed by atoms with Crippen LogP contribution in [0.3, 0.4) is 0 Å². The number of carboxylic acids is 1. The number of rotatable bonds is 9. The number of aromatic nitrogens is 1. The van der Waals surface area contributed by atoms with Crippen LogP contribution in [0.4, 0.5) is 0 Å². The van der Waals surface area contributed by atoms with Crippen molar-refractivity contribution >= 4 is 11.9 Å². The van der Waals surface area contributed by atoms with Gasteiger partial charge in [-0.05, 0) is 47.4 Å². The summed E-state index contributed by atoms with van der Waals surface area (Å²) in [6.07, 6.45) is 3.89. The monoisotopic (exact) mass is 460 g/mol. The van der Waals surface area contributed by atoms with Crippen molar-refractivity contribution in [2.75, 3.05) is 13.7 Å². The van der Waals surface area contributed by atoms with E-state index in [1.165, 1.54) is 12.7 Å². The number of carboxylic acid groups (broad SMARTS) is 1. The summed E-state index contributed by atoms with van der Waals surface area (Å²) in [4.78, 5) is 29.7. The van der Waals surface area contributed by atoms with Crippen LogP contribution in [0.2, 0.25) is 0 Å². The average molecular weight is 461 g/mol. The number of hydrogen-bond donors (Lipinski definition) is 2. The summed E-state index contributed by atoms with van der Waals surface area (Å²) in [5, 5.41) is 12.7. The number of amides is 1. The Morgan fingerprint density at radius 1 is 1.06 bits per heavy atom. The first kappa shape index (κ1) is 23.3. The van der Waals surface area contributed by atoms with E-state index < -0.39 is 17.4 Å². The molecular weight excluding hydrogens is 432 g/mol. The van der Waals surface area contributed by atoms with E-state index in [4.69, 9.17) is 9.47 Å². The van der Waals surface area contributed by atoms with Crippen molar-refractivity contribution in [3.8, 4) is 11.5 Å². The number of carbonyl (C=O) groups is 2. The zero-order chi connectivity index (χ0) is 24.1. The highest BCUT2D eigenvalue weighted by Gasteiger charge is 2.45. The molecule has 176 valence electrons. The number of fused-ring (bicyclic) bond motifs is 1. The average Bonchev–Trinajstić information content (AvgIpc) is 3.24. The van der Waals surface area contributed by atoms with Crippen LogP contribution in [0.25, 0.3) is 0 Å².